The predicted octanol–water partition coefficient (Wildman–Crippen LogP) is 2.33. The Bertz CT molecular complexity index is 351. The highest BCUT2D eigenvalue weighted by atomic mass is 15.2. The van der Waals surface area contributed by atoms with Gasteiger partial charge in [0.05, 0.1) is 0 Å². The Morgan fingerprint density at radius 3 is 3.08 bits per heavy atom. The van der Waals surface area contributed by atoms with E-state index in [0.717, 1.165) is 11.8 Å². The van der Waals surface area contributed by atoms with Gasteiger partial charge in [0.2, 0.25) is 0 Å². The highest BCUT2D eigenvalue weighted by Gasteiger charge is 1.98. The lowest BCUT2D eigenvalue weighted by Crippen LogP contribution is -1.85. The van der Waals surface area contributed by atoms with E-state index in [1.54, 1.807) is 12.3 Å². The van der Waals surface area contributed by atoms with E-state index in [2.05, 4.69) is 15.0 Å². The van der Waals surface area contributed by atoms with Gasteiger partial charge < -0.3 is 5.41 Å². The molecule has 0 atom stereocenters. The minimum atomic E-state index is 0.248. The molecule has 0 saturated heterocycles. The first kappa shape index (κ1) is 8.23. The van der Waals surface area contributed by atoms with Crippen LogP contribution in [-0.2, 0) is 0 Å². The maximum Gasteiger partial charge on any atom is 0.135 e. The molecule has 0 unspecified atom stereocenters. The van der Waals surface area contributed by atoms with Crippen molar-refractivity contribution in [1.82, 2.24) is 4.98 Å². The summed E-state index contributed by atoms with van der Waals surface area (Å²) in [6.07, 6.45) is 2.71. The van der Waals surface area contributed by atoms with Crippen LogP contribution in [0.2, 0.25) is 0 Å². The number of pyridine rings is 1. The molecule has 0 amide bonds. The molecular weight excluding hydrogens is 154 g/mol. The molecule has 0 spiro atoms. The summed E-state index contributed by atoms with van der Waals surface area (Å²) < 4.78 is 0. The van der Waals surface area contributed by atoms with Gasteiger partial charge in [0, 0.05) is 22.9 Å². The van der Waals surface area contributed by atoms with Crippen molar-refractivity contribution in [3.8, 4) is 0 Å². The number of aryl methyl sites for hydroxylation is 1. The van der Waals surface area contributed by atoms with Crippen molar-refractivity contribution in [2.75, 3.05) is 0 Å². The molecule has 0 saturated carbocycles. The Balaban J connectivity index is 3.28. The minimum Gasteiger partial charge on any atom is -0.308 e. The van der Waals surface area contributed by atoms with Gasteiger partial charge in [0.15, 0.2) is 0 Å². The standard InChI is InChI=1S/C7H7N5/c1-5-2-6(3-8)7(10-4-5)11-12-9/h2-4,8H,1H3. The van der Waals surface area contributed by atoms with Crippen molar-refractivity contribution in [2.24, 2.45) is 5.11 Å². The molecular formula is C7H7N5. The van der Waals surface area contributed by atoms with Gasteiger partial charge in [-0.1, -0.05) is 0 Å². The van der Waals surface area contributed by atoms with Gasteiger partial charge in [0.1, 0.15) is 5.82 Å². The predicted molar refractivity (Wildman–Crippen MR) is 45.7 cm³/mol. The van der Waals surface area contributed by atoms with Crippen molar-refractivity contribution in [3.63, 3.8) is 0 Å². The summed E-state index contributed by atoms with van der Waals surface area (Å²) in [6.45, 7) is 1.86. The molecule has 1 rings (SSSR count). The smallest absolute Gasteiger partial charge is 0.135 e. The third-order valence-corrected chi connectivity index (χ3v) is 1.33. The van der Waals surface area contributed by atoms with Crippen molar-refractivity contribution < 1.29 is 0 Å². The van der Waals surface area contributed by atoms with Crippen LogP contribution in [0.15, 0.2) is 17.4 Å². The molecule has 0 aliphatic rings. The Morgan fingerprint density at radius 1 is 1.75 bits per heavy atom. The second-order valence-corrected chi connectivity index (χ2v) is 2.26. The zero-order valence-corrected chi connectivity index (χ0v) is 6.52. The van der Waals surface area contributed by atoms with Gasteiger partial charge in [-0.05, 0) is 29.2 Å². The lowest BCUT2D eigenvalue weighted by Gasteiger charge is -1.97. The molecule has 1 aromatic heterocycles. The highest BCUT2D eigenvalue weighted by Crippen LogP contribution is 2.14. The molecule has 5 nitrogen and oxygen atoms in total. The number of azide groups is 1. The average molecular weight is 161 g/mol. The molecule has 0 aromatic carbocycles. The van der Waals surface area contributed by atoms with E-state index in [4.69, 9.17) is 10.9 Å². The van der Waals surface area contributed by atoms with Crippen molar-refractivity contribution in [2.45, 2.75) is 6.92 Å². The minimum absolute atomic E-state index is 0.248. The molecule has 1 aromatic rings. The van der Waals surface area contributed by atoms with Crippen LogP contribution in [0.4, 0.5) is 5.82 Å². The van der Waals surface area contributed by atoms with Gasteiger partial charge in [-0.2, -0.15) is 0 Å². The maximum absolute atomic E-state index is 8.15. The maximum atomic E-state index is 8.15. The van der Waals surface area contributed by atoms with E-state index in [0.29, 0.717) is 5.56 Å². The fourth-order valence-corrected chi connectivity index (χ4v) is 0.817. The Morgan fingerprint density at radius 2 is 2.50 bits per heavy atom. The highest BCUT2D eigenvalue weighted by molar-refractivity contribution is 5.83. The van der Waals surface area contributed by atoms with Crippen LogP contribution in [0.25, 0.3) is 10.4 Å². The van der Waals surface area contributed by atoms with E-state index >= 15 is 0 Å². The summed E-state index contributed by atoms with van der Waals surface area (Å²) in [5.74, 6) is 0.248. The van der Waals surface area contributed by atoms with E-state index in [-0.39, 0.29) is 5.82 Å². The van der Waals surface area contributed by atoms with Gasteiger partial charge in [-0.15, -0.1) is 0 Å². The first-order valence-electron chi connectivity index (χ1n) is 3.30. The molecule has 0 radical (unpaired) electrons. The quantitative estimate of drug-likeness (QED) is 0.307. The molecule has 0 aliphatic carbocycles. The molecule has 1 N–H and O–H groups in total. The van der Waals surface area contributed by atoms with Crippen LogP contribution >= 0.6 is 0 Å². The van der Waals surface area contributed by atoms with Crippen LogP contribution in [-0.4, -0.2) is 11.2 Å². The SMILES string of the molecule is Cc1cnc(N=[N+]=[N-])c(C=N)c1. The number of hydrogen-bond donors (Lipinski definition) is 1. The van der Waals surface area contributed by atoms with Crippen LogP contribution in [0.1, 0.15) is 11.1 Å². The molecule has 1 heterocycles. The van der Waals surface area contributed by atoms with Crippen LogP contribution in [0.3, 0.4) is 0 Å². The van der Waals surface area contributed by atoms with Gasteiger partial charge in [0.25, 0.3) is 0 Å². The van der Waals surface area contributed by atoms with Crippen LogP contribution in [0.5, 0.6) is 0 Å². The lowest BCUT2D eigenvalue weighted by molar-refractivity contribution is 1.21. The van der Waals surface area contributed by atoms with Gasteiger partial charge >= 0.3 is 0 Å². The van der Waals surface area contributed by atoms with E-state index in [9.17, 15) is 0 Å². The van der Waals surface area contributed by atoms with Crippen molar-refractivity contribution in [3.05, 3.63) is 33.8 Å². The zero-order chi connectivity index (χ0) is 8.97. The summed E-state index contributed by atoms with van der Waals surface area (Å²) in [5.41, 5.74) is 9.62. The van der Waals surface area contributed by atoms with Gasteiger partial charge in [-0.3, -0.25) is 4.98 Å². The normalized spacial score (nSPS) is 8.75. The monoisotopic (exact) mass is 161 g/mol. The Hall–Kier alpha value is -1.87. The number of nitrogens with zero attached hydrogens (tertiary/aromatic N) is 4. The third kappa shape index (κ3) is 1.59. The van der Waals surface area contributed by atoms with Crippen LogP contribution < -0.4 is 0 Å². The number of rotatable bonds is 2. The fourth-order valence-electron chi connectivity index (χ4n) is 0.817. The second-order valence-electron chi connectivity index (χ2n) is 2.26. The molecule has 5 heteroatoms. The summed E-state index contributed by atoms with van der Waals surface area (Å²) in [4.78, 5) is 6.47. The molecule has 0 fully saturated rings. The third-order valence-electron chi connectivity index (χ3n) is 1.33. The molecule has 0 bridgehead atoms. The van der Waals surface area contributed by atoms with E-state index in [1.165, 1.54) is 0 Å². The summed E-state index contributed by atoms with van der Waals surface area (Å²) in [7, 11) is 0. The van der Waals surface area contributed by atoms with E-state index in [1.807, 2.05) is 6.92 Å². The fraction of sp³-hybridized carbons (Fsp3) is 0.143. The second kappa shape index (κ2) is 3.50. The van der Waals surface area contributed by atoms with E-state index < -0.39 is 0 Å². The molecule has 12 heavy (non-hydrogen) atoms. The summed E-state index contributed by atoms with van der Waals surface area (Å²) in [6, 6.07) is 1.74. The summed E-state index contributed by atoms with van der Waals surface area (Å²) >= 11 is 0. The first-order valence-corrected chi connectivity index (χ1v) is 3.30. The average Bonchev–Trinajstić information content (AvgIpc) is 2.08. The zero-order valence-electron chi connectivity index (χ0n) is 6.52. The first-order chi connectivity index (χ1) is 5.77. The number of nitrogens with one attached hydrogen (secondary N) is 1. The number of hydrogen-bond acceptors (Lipinski definition) is 3. The van der Waals surface area contributed by atoms with Crippen molar-refractivity contribution >= 4 is 12.0 Å². The topological polar surface area (TPSA) is 85.5 Å². The van der Waals surface area contributed by atoms with Crippen molar-refractivity contribution in [1.29, 1.82) is 5.41 Å². The molecule has 60 valence electrons. The largest absolute Gasteiger partial charge is 0.308 e. The van der Waals surface area contributed by atoms with Gasteiger partial charge in [-0.25, -0.2) is 0 Å². The number of aromatic nitrogens is 1. The Labute approximate surface area is 69.2 Å². The summed E-state index contributed by atoms with van der Waals surface area (Å²) in [5, 5.41) is 10.3. The molecule has 0 aliphatic heterocycles. The van der Waals surface area contributed by atoms with Crippen LogP contribution in [0, 0.1) is 12.3 Å². The Kier molecular flexibility index (Phi) is 2.40. The lowest BCUT2D eigenvalue weighted by atomic mass is 10.2.